The predicted octanol–water partition coefficient (Wildman–Crippen LogP) is 3.32. The van der Waals surface area contributed by atoms with Gasteiger partial charge in [0, 0.05) is 11.8 Å². The lowest BCUT2D eigenvalue weighted by atomic mass is 10.1. The minimum absolute atomic E-state index is 0.342. The van der Waals surface area contributed by atoms with Crippen molar-refractivity contribution < 1.29 is 10.2 Å². The fourth-order valence-electron chi connectivity index (χ4n) is 2.35. The van der Waals surface area contributed by atoms with Gasteiger partial charge in [-0.3, -0.25) is 4.79 Å². The van der Waals surface area contributed by atoms with Gasteiger partial charge in [-0.1, -0.05) is 12.1 Å². The first-order valence-corrected chi connectivity index (χ1v) is 7.77. The molecule has 0 aliphatic carbocycles. The van der Waals surface area contributed by atoms with E-state index in [0.29, 0.717) is 5.69 Å². The van der Waals surface area contributed by atoms with Gasteiger partial charge in [0.05, 0.1) is 18.0 Å². The van der Waals surface area contributed by atoms with Crippen LogP contribution in [0.1, 0.15) is 18.7 Å². The summed E-state index contributed by atoms with van der Waals surface area (Å²) in [6.07, 6.45) is 0.523. The Hall–Kier alpha value is -2.37. The van der Waals surface area contributed by atoms with Crippen LogP contribution in [0.25, 0.3) is 16.8 Å². The summed E-state index contributed by atoms with van der Waals surface area (Å²) in [5.41, 5.74) is 2.85. The van der Waals surface area contributed by atoms with Crippen LogP contribution in [-0.2, 0) is 0 Å². The molecule has 2 N–H and O–H groups in total. The number of rotatable bonds is 3. The van der Waals surface area contributed by atoms with Crippen molar-refractivity contribution >= 4 is 11.3 Å². The van der Waals surface area contributed by atoms with Crippen LogP contribution in [0.5, 0.6) is 5.75 Å². The monoisotopic (exact) mass is 313 g/mol. The minimum atomic E-state index is -0.821. The van der Waals surface area contributed by atoms with E-state index >= 15 is 0 Å². The number of aliphatic hydroxyl groups is 1. The highest BCUT2D eigenvalue weighted by molar-refractivity contribution is 7.08. The molecular formula is C17H15NO3S. The van der Waals surface area contributed by atoms with Crippen LogP contribution >= 0.6 is 11.3 Å². The molecule has 3 aromatic rings. The predicted molar refractivity (Wildman–Crippen MR) is 87.7 cm³/mol. The highest BCUT2D eigenvalue weighted by atomic mass is 32.1. The largest absolute Gasteiger partial charge is 0.503 e. The lowest BCUT2D eigenvalue weighted by Gasteiger charge is -2.16. The fourth-order valence-corrected chi connectivity index (χ4v) is 3.01. The van der Waals surface area contributed by atoms with Gasteiger partial charge in [0.25, 0.3) is 0 Å². The fraction of sp³-hybridized carbons (Fsp3) is 0.118. The Kier molecular flexibility index (Phi) is 3.83. The number of aliphatic hydroxyl groups excluding tert-OH is 1. The zero-order valence-electron chi connectivity index (χ0n) is 11.9. The Morgan fingerprint density at radius 1 is 1.18 bits per heavy atom. The number of thiophene rings is 1. The summed E-state index contributed by atoms with van der Waals surface area (Å²) in [4.78, 5) is 11.6. The van der Waals surface area contributed by atoms with Crippen molar-refractivity contribution in [2.75, 3.05) is 0 Å². The maximum Gasteiger partial charge on any atom is 0.223 e. The zero-order chi connectivity index (χ0) is 15.7. The van der Waals surface area contributed by atoms with Crippen molar-refractivity contribution in [1.29, 1.82) is 0 Å². The normalized spacial score (nSPS) is 12.3. The Morgan fingerprint density at radius 3 is 2.68 bits per heavy atom. The Bertz CT molecular complexity index is 851. The Morgan fingerprint density at radius 2 is 2.00 bits per heavy atom. The molecule has 1 aromatic carbocycles. The van der Waals surface area contributed by atoms with E-state index < -0.39 is 11.5 Å². The molecule has 0 saturated heterocycles. The molecule has 0 aliphatic heterocycles. The van der Waals surface area contributed by atoms with Crippen molar-refractivity contribution in [2.45, 2.75) is 13.0 Å². The maximum absolute atomic E-state index is 11.6. The van der Waals surface area contributed by atoms with E-state index in [-0.39, 0.29) is 5.75 Å². The molecule has 2 heterocycles. The van der Waals surface area contributed by atoms with Crippen molar-refractivity contribution in [3.8, 4) is 22.6 Å². The summed E-state index contributed by atoms with van der Waals surface area (Å²) < 4.78 is 1.64. The molecule has 0 unspecified atom stereocenters. The van der Waals surface area contributed by atoms with Gasteiger partial charge in [0.1, 0.15) is 0 Å². The van der Waals surface area contributed by atoms with Crippen molar-refractivity contribution in [1.82, 2.24) is 4.57 Å². The third-order valence-corrected chi connectivity index (χ3v) is 4.15. The third-order valence-electron chi connectivity index (χ3n) is 3.47. The first-order chi connectivity index (χ1) is 10.6. The molecule has 5 heteroatoms. The third kappa shape index (κ3) is 2.68. The van der Waals surface area contributed by atoms with Gasteiger partial charge in [-0.05, 0) is 47.0 Å². The van der Waals surface area contributed by atoms with E-state index in [1.807, 2.05) is 35.7 Å². The molecule has 0 fully saturated rings. The molecule has 0 spiro atoms. The van der Waals surface area contributed by atoms with Gasteiger partial charge in [0.15, 0.2) is 5.75 Å². The standard InChI is InChI=1S/C17H15NO3S/c1-11(19)15-8-16(20)17(21)9-18(15)14-4-2-3-12(7-14)13-5-6-22-10-13/h2-11,19,21H,1H3/t11-/m0/s1. The molecule has 0 radical (unpaired) electrons. The molecule has 4 nitrogen and oxygen atoms in total. The summed E-state index contributed by atoms with van der Waals surface area (Å²) in [5, 5.41) is 23.7. The van der Waals surface area contributed by atoms with Crippen LogP contribution in [0.15, 0.2) is 58.1 Å². The average molecular weight is 313 g/mol. The van der Waals surface area contributed by atoms with E-state index in [1.54, 1.807) is 22.8 Å². The molecule has 0 saturated carbocycles. The number of hydrogen-bond donors (Lipinski definition) is 2. The molecule has 3 rings (SSSR count). The number of nitrogens with zero attached hydrogens (tertiary/aromatic N) is 1. The summed E-state index contributed by atoms with van der Waals surface area (Å²) in [6, 6.07) is 11.0. The summed E-state index contributed by atoms with van der Waals surface area (Å²) >= 11 is 1.62. The van der Waals surface area contributed by atoms with Crippen LogP contribution in [0, 0.1) is 0 Å². The number of aromatic hydroxyl groups is 1. The number of aromatic nitrogens is 1. The van der Waals surface area contributed by atoms with Gasteiger partial charge < -0.3 is 14.8 Å². The molecule has 0 aliphatic rings. The van der Waals surface area contributed by atoms with E-state index in [9.17, 15) is 15.0 Å². The van der Waals surface area contributed by atoms with Crippen molar-refractivity contribution in [3.63, 3.8) is 0 Å². The lowest BCUT2D eigenvalue weighted by Crippen LogP contribution is -2.13. The second-order valence-electron chi connectivity index (χ2n) is 5.06. The van der Waals surface area contributed by atoms with Crippen LogP contribution in [0.2, 0.25) is 0 Å². The van der Waals surface area contributed by atoms with E-state index in [2.05, 4.69) is 5.38 Å². The molecule has 2 aromatic heterocycles. The lowest BCUT2D eigenvalue weighted by molar-refractivity contribution is 0.191. The smallest absolute Gasteiger partial charge is 0.223 e. The highest BCUT2D eigenvalue weighted by Crippen LogP contribution is 2.26. The van der Waals surface area contributed by atoms with Crippen LogP contribution in [-0.4, -0.2) is 14.8 Å². The maximum atomic E-state index is 11.6. The second kappa shape index (κ2) is 5.79. The zero-order valence-corrected chi connectivity index (χ0v) is 12.7. The minimum Gasteiger partial charge on any atom is -0.503 e. The molecule has 1 atom stereocenters. The molecule has 22 heavy (non-hydrogen) atoms. The summed E-state index contributed by atoms with van der Waals surface area (Å²) in [6.45, 7) is 1.59. The van der Waals surface area contributed by atoms with Crippen LogP contribution in [0.4, 0.5) is 0 Å². The van der Waals surface area contributed by atoms with E-state index in [1.165, 1.54) is 12.3 Å². The first kappa shape index (κ1) is 14.6. The first-order valence-electron chi connectivity index (χ1n) is 6.83. The van der Waals surface area contributed by atoms with E-state index in [0.717, 1.165) is 16.8 Å². The number of hydrogen-bond acceptors (Lipinski definition) is 4. The van der Waals surface area contributed by atoms with Crippen molar-refractivity contribution in [2.24, 2.45) is 0 Å². The number of benzene rings is 1. The second-order valence-corrected chi connectivity index (χ2v) is 5.84. The molecule has 0 amide bonds. The van der Waals surface area contributed by atoms with Crippen LogP contribution in [0.3, 0.4) is 0 Å². The van der Waals surface area contributed by atoms with Gasteiger partial charge in [0.2, 0.25) is 5.43 Å². The topological polar surface area (TPSA) is 62.5 Å². The summed E-state index contributed by atoms with van der Waals surface area (Å²) in [7, 11) is 0. The Labute approximate surface area is 131 Å². The van der Waals surface area contributed by atoms with Crippen molar-refractivity contribution in [3.05, 3.63) is 69.3 Å². The summed E-state index contributed by atoms with van der Waals surface area (Å²) in [5.74, 6) is -0.342. The average Bonchev–Trinajstić information content (AvgIpc) is 3.04. The highest BCUT2D eigenvalue weighted by Gasteiger charge is 2.12. The van der Waals surface area contributed by atoms with E-state index in [4.69, 9.17) is 0 Å². The molecular weight excluding hydrogens is 298 g/mol. The number of pyridine rings is 1. The van der Waals surface area contributed by atoms with Crippen LogP contribution < -0.4 is 5.43 Å². The molecule has 0 bridgehead atoms. The van der Waals surface area contributed by atoms with Gasteiger partial charge in [-0.25, -0.2) is 0 Å². The Balaban J connectivity index is 2.17. The van der Waals surface area contributed by atoms with Gasteiger partial charge in [-0.2, -0.15) is 11.3 Å². The quantitative estimate of drug-likeness (QED) is 0.779. The molecule has 112 valence electrons. The van der Waals surface area contributed by atoms with Gasteiger partial charge in [-0.15, -0.1) is 0 Å². The van der Waals surface area contributed by atoms with Gasteiger partial charge >= 0.3 is 0 Å². The SMILES string of the molecule is C[C@H](O)c1cc(=O)c(O)cn1-c1cccc(-c2ccsc2)c1.